The molecule has 1 aliphatic rings. The van der Waals surface area contributed by atoms with E-state index in [9.17, 15) is 10.2 Å². The Bertz CT molecular complexity index is 1280. The Morgan fingerprint density at radius 2 is 1.94 bits per heavy atom. The molecule has 182 valence electrons. The van der Waals surface area contributed by atoms with E-state index < -0.39 is 0 Å². The van der Waals surface area contributed by atoms with Gasteiger partial charge in [-0.05, 0) is 73.3 Å². The third kappa shape index (κ3) is 5.93. The fourth-order valence-electron chi connectivity index (χ4n) is 4.30. The van der Waals surface area contributed by atoms with E-state index in [1.165, 1.54) is 17.3 Å². The third-order valence-electron chi connectivity index (χ3n) is 6.24. The van der Waals surface area contributed by atoms with E-state index in [0.29, 0.717) is 30.1 Å². The molecule has 8 heteroatoms. The molecule has 35 heavy (non-hydrogen) atoms. The smallest absolute Gasteiger partial charge is 0.134 e. The zero-order valence-electron chi connectivity index (χ0n) is 20.4. The van der Waals surface area contributed by atoms with E-state index in [-0.39, 0.29) is 18.2 Å². The summed E-state index contributed by atoms with van der Waals surface area (Å²) in [5, 5.41) is 15.2. The van der Waals surface area contributed by atoms with Crippen molar-refractivity contribution in [1.82, 2.24) is 4.72 Å². The van der Waals surface area contributed by atoms with Crippen LogP contribution >= 0.6 is 11.9 Å². The molecule has 1 saturated heterocycles. The van der Waals surface area contributed by atoms with Gasteiger partial charge in [0.1, 0.15) is 22.5 Å². The van der Waals surface area contributed by atoms with Gasteiger partial charge in [0.05, 0.1) is 18.2 Å². The number of fused-ring (bicyclic) bond motifs is 1. The second kappa shape index (κ2) is 11.1. The molecule has 1 N–H and O–H groups in total. The normalized spacial score (nSPS) is 20.8. The zero-order valence-corrected chi connectivity index (χ0v) is 21.3. The van der Waals surface area contributed by atoms with Gasteiger partial charge >= 0.3 is 0 Å². The first-order valence-corrected chi connectivity index (χ1v) is 12.5. The van der Waals surface area contributed by atoms with Crippen LogP contribution in [0.1, 0.15) is 32.4 Å². The number of hydrogen-bond acceptors (Lipinski definition) is 8. The molecule has 0 spiro atoms. The molecule has 1 fully saturated rings. The van der Waals surface area contributed by atoms with Gasteiger partial charge in [0.2, 0.25) is 0 Å². The Morgan fingerprint density at radius 1 is 1.17 bits per heavy atom. The maximum Gasteiger partial charge on any atom is 0.134 e. The monoisotopic (exact) mass is 490 g/mol. The summed E-state index contributed by atoms with van der Waals surface area (Å²) in [6.07, 6.45) is 1.15. The number of hydrogen-bond donors (Lipinski definition) is 1. The lowest BCUT2D eigenvalue weighted by Gasteiger charge is -2.30. The number of nitrogens with one attached hydrogen (secondary N) is 1. The molecule has 3 unspecified atom stereocenters. The molecule has 0 radical (unpaired) electrons. The standard InChI is InChI=1S/C27H30N4O3S/c1-17-11-22(30-32)14-24(33-17)16-29-35-27(15-28)18(2)25-9-10-26(34-25)21-6-5-20-13-23(31(3)4)8-7-19(20)12-21/h5-10,12-13,17,22,24,29H,11,14,16H2,1-4H3/b27-18+. The van der Waals surface area contributed by atoms with Crippen LogP contribution in [0.25, 0.3) is 27.7 Å². The van der Waals surface area contributed by atoms with Crippen molar-refractivity contribution in [2.45, 2.75) is 44.9 Å². The lowest BCUT2D eigenvalue weighted by Crippen LogP contribution is -2.38. The van der Waals surface area contributed by atoms with Crippen molar-refractivity contribution in [2.24, 2.45) is 5.18 Å². The van der Waals surface area contributed by atoms with Crippen molar-refractivity contribution in [3.8, 4) is 17.4 Å². The first-order valence-electron chi connectivity index (χ1n) is 11.7. The molecule has 2 aromatic carbocycles. The number of allylic oxidation sites excluding steroid dienone is 2. The van der Waals surface area contributed by atoms with Gasteiger partial charge < -0.3 is 14.1 Å². The first kappa shape index (κ1) is 25.0. The summed E-state index contributed by atoms with van der Waals surface area (Å²) < 4.78 is 15.2. The highest BCUT2D eigenvalue weighted by atomic mass is 32.2. The van der Waals surface area contributed by atoms with Crippen LogP contribution in [0.3, 0.4) is 0 Å². The number of nitrogens with zero attached hydrogens (tertiary/aromatic N) is 3. The van der Waals surface area contributed by atoms with Gasteiger partial charge in [-0.15, -0.1) is 0 Å². The Labute approximate surface area is 210 Å². The second-order valence-electron chi connectivity index (χ2n) is 9.12. The highest BCUT2D eigenvalue weighted by Gasteiger charge is 2.27. The SMILES string of the molecule is C/C(=C(/C#N)SNCC1CC(N=O)CC(C)O1)c1ccc(-c2ccc3cc(N(C)C)ccc3c2)o1. The van der Waals surface area contributed by atoms with Crippen molar-refractivity contribution in [3.63, 3.8) is 0 Å². The predicted molar refractivity (Wildman–Crippen MR) is 143 cm³/mol. The summed E-state index contributed by atoms with van der Waals surface area (Å²) in [7, 11) is 4.06. The molecule has 0 saturated carbocycles. The summed E-state index contributed by atoms with van der Waals surface area (Å²) in [5.74, 6) is 1.41. The average molecular weight is 491 g/mol. The summed E-state index contributed by atoms with van der Waals surface area (Å²) in [6.45, 7) is 4.35. The van der Waals surface area contributed by atoms with E-state index >= 15 is 0 Å². The number of nitriles is 1. The van der Waals surface area contributed by atoms with Gasteiger partial charge in [-0.1, -0.05) is 23.4 Å². The predicted octanol–water partition coefficient (Wildman–Crippen LogP) is 6.36. The minimum Gasteiger partial charge on any atom is -0.456 e. The highest BCUT2D eigenvalue weighted by molar-refractivity contribution is 8.01. The molecule has 1 aliphatic heterocycles. The molecule has 1 aromatic heterocycles. The van der Waals surface area contributed by atoms with Crippen LogP contribution < -0.4 is 9.62 Å². The fourth-order valence-corrected chi connectivity index (χ4v) is 5.01. The van der Waals surface area contributed by atoms with Gasteiger partial charge in [-0.25, -0.2) is 0 Å². The van der Waals surface area contributed by atoms with Crippen LogP contribution in [0, 0.1) is 16.2 Å². The fraction of sp³-hybridized carbons (Fsp3) is 0.370. The number of furan rings is 1. The lowest BCUT2D eigenvalue weighted by atomic mass is 10.0. The molecule has 0 bridgehead atoms. The van der Waals surface area contributed by atoms with Crippen molar-refractivity contribution >= 4 is 34.0 Å². The third-order valence-corrected chi connectivity index (χ3v) is 7.15. The molecule has 0 amide bonds. The number of ether oxygens (including phenoxy) is 1. The number of benzene rings is 2. The number of rotatable bonds is 8. The van der Waals surface area contributed by atoms with Crippen molar-refractivity contribution in [2.75, 3.05) is 25.5 Å². The lowest BCUT2D eigenvalue weighted by molar-refractivity contribution is -0.0425. The van der Waals surface area contributed by atoms with Gasteiger partial charge in [-0.3, -0.25) is 4.72 Å². The summed E-state index contributed by atoms with van der Waals surface area (Å²) in [4.78, 5) is 13.5. The zero-order chi connectivity index (χ0) is 24.9. The minimum absolute atomic E-state index is 0.00245. The molecule has 2 heterocycles. The molecule has 4 rings (SSSR count). The van der Waals surface area contributed by atoms with Crippen LogP contribution in [0.4, 0.5) is 5.69 Å². The Kier molecular flexibility index (Phi) is 7.91. The van der Waals surface area contributed by atoms with E-state index in [1.807, 2.05) is 40.1 Å². The largest absolute Gasteiger partial charge is 0.456 e. The summed E-state index contributed by atoms with van der Waals surface area (Å²) in [6, 6.07) is 18.5. The number of anilines is 1. The number of nitroso groups, excluding NO2 is 1. The quantitative estimate of drug-likeness (QED) is 0.223. The van der Waals surface area contributed by atoms with E-state index in [2.05, 4.69) is 57.3 Å². The highest BCUT2D eigenvalue weighted by Crippen LogP contribution is 2.32. The summed E-state index contributed by atoms with van der Waals surface area (Å²) in [5.41, 5.74) is 2.91. The minimum atomic E-state index is -0.213. The van der Waals surface area contributed by atoms with Crippen molar-refractivity contribution < 1.29 is 9.15 Å². The van der Waals surface area contributed by atoms with Crippen LogP contribution in [-0.4, -0.2) is 38.9 Å². The maximum absolute atomic E-state index is 10.9. The second-order valence-corrected chi connectivity index (χ2v) is 10.0. The van der Waals surface area contributed by atoms with E-state index in [1.54, 1.807) is 0 Å². The topological polar surface area (TPSA) is 90.9 Å². The van der Waals surface area contributed by atoms with Gasteiger partial charge in [0.15, 0.2) is 0 Å². The van der Waals surface area contributed by atoms with Gasteiger partial charge in [0.25, 0.3) is 0 Å². The van der Waals surface area contributed by atoms with Gasteiger partial charge in [0, 0.05) is 43.9 Å². The van der Waals surface area contributed by atoms with Gasteiger partial charge in [-0.2, -0.15) is 10.2 Å². The first-order chi connectivity index (χ1) is 16.9. The van der Waals surface area contributed by atoms with Crippen LogP contribution in [0.5, 0.6) is 0 Å². The molecule has 3 atom stereocenters. The Hall–Kier alpha value is -3.12. The van der Waals surface area contributed by atoms with Crippen LogP contribution in [0.2, 0.25) is 0 Å². The Morgan fingerprint density at radius 3 is 2.69 bits per heavy atom. The molecule has 0 aliphatic carbocycles. The van der Waals surface area contributed by atoms with Crippen molar-refractivity contribution in [3.05, 3.63) is 64.1 Å². The van der Waals surface area contributed by atoms with Crippen molar-refractivity contribution in [1.29, 1.82) is 5.26 Å². The molecular formula is C27H30N4O3S. The Balaban J connectivity index is 1.45. The van der Waals surface area contributed by atoms with Crippen LogP contribution in [0.15, 0.2) is 63.0 Å². The summed E-state index contributed by atoms with van der Waals surface area (Å²) >= 11 is 1.25. The van der Waals surface area contributed by atoms with Crippen LogP contribution in [-0.2, 0) is 4.74 Å². The molecule has 3 aromatic rings. The maximum atomic E-state index is 10.9. The average Bonchev–Trinajstić information content (AvgIpc) is 3.35. The van der Waals surface area contributed by atoms with E-state index in [0.717, 1.165) is 28.0 Å². The molecular weight excluding hydrogens is 460 g/mol. The molecule has 7 nitrogen and oxygen atoms in total. The van der Waals surface area contributed by atoms with E-state index in [4.69, 9.17) is 9.15 Å².